The van der Waals surface area contributed by atoms with Gasteiger partial charge in [0, 0.05) is 48.7 Å². The molecule has 1 atom stereocenters. The van der Waals surface area contributed by atoms with Crippen LogP contribution in [0.5, 0.6) is 0 Å². The number of anilines is 1. The Hall–Kier alpha value is -3.29. The molecular weight excluding hydrogens is 529 g/mol. The Bertz CT molecular complexity index is 1420. The lowest BCUT2D eigenvalue weighted by Gasteiger charge is -2.41. The Morgan fingerprint density at radius 3 is 2.19 bits per heavy atom. The van der Waals surface area contributed by atoms with E-state index in [1.165, 1.54) is 6.07 Å². The molecule has 1 unspecified atom stereocenters. The van der Waals surface area contributed by atoms with Crippen molar-refractivity contribution in [1.29, 1.82) is 0 Å². The highest BCUT2D eigenvalue weighted by molar-refractivity contribution is 5.88. The van der Waals surface area contributed by atoms with Gasteiger partial charge in [0.05, 0.1) is 11.3 Å². The highest BCUT2D eigenvalue weighted by atomic mass is 19.1. The lowest BCUT2D eigenvalue weighted by molar-refractivity contribution is -0.160. The highest BCUT2D eigenvalue weighted by Gasteiger charge is 2.36. The normalized spacial score (nSPS) is 16.0. The first-order chi connectivity index (χ1) is 19.6. The number of carbonyl (C=O) groups is 1. The minimum Gasteiger partial charge on any atom is -0.479 e. The molecule has 226 valence electrons. The predicted molar refractivity (Wildman–Crippen MR) is 167 cm³/mol. The van der Waals surface area contributed by atoms with E-state index in [1.807, 2.05) is 40.7 Å². The molecule has 0 radical (unpaired) electrons. The first-order valence-electron chi connectivity index (χ1n) is 14.9. The van der Waals surface area contributed by atoms with Gasteiger partial charge in [-0.25, -0.2) is 9.18 Å². The average molecular weight is 576 g/mol. The first-order valence-corrected chi connectivity index (χ1v) is 14.9. The van der Waals surface area contributed by atoms with Gasteiger partial charge in [-0.2, -0.15) is 0 Å². The van der Waals surface area contributed by atoms with E-state index >= 15 is 0 Å². The van der Waals surface area contributed by atoms with Crippen LogP contribution in [-0.4, -0.2) is 34.8 Å². The summed E-state index contributed by atoms with van der Waals surface area (Å²) >= 11 is 0. The fourth-order valence-electron chi connectivity index (χ4n) is 5.71. The van der Waals surface area contributed by atoms with Crippen LogP contribution in [0.15, 0.2) is 42.5 Å². The van der Waals surface area contributed by atoms with Crippen LogP contribution in [0, 0.1) is 32.0 Å². The number of aryl methyl sites for hydroxylation is 3. The topological polar surface area (TPSA) is 74.7 Å². The van der Waals surface area contributed by atoms with E-state index in [4.69, 9.17) is 9.72 Å². The number of nitrogens with zero attached hydrogens (tertiary/aromatic N) is 2. The van der Waals surface area contributed by atoms with E-state index in [0.717, 1.165) is 59.6 Å². The van der Waals surface area contributed by atoms with E-state index in [-0.39, 0.29) is 11.2 Å². The third-order valence-corrected chi connectivity index (χ3v) is 8.09. The van der Waals surface area contributed by atoms with Gasteiger partial charge in [0.15, 0.2) is 6.10 Å². The van der Waals surface area contributed by atoms with Gasteiger partial charge in [-0.05, 0) is 88.1 Å². The van der Waals surface area contributed by atoms with Crippen molar-refractivity contribution in [3.63, 3.8) is 0 Å². The van der Waals surface area contributed by atoms with E-state index < -0.39 is 17.7 Å². The number of benzene rings is 2. The number of carboxylic acid groups (broad SMARTS) is 1. The van der Waals surface area contributed by atoms with Crippen molar-refractivity contribution in [2.24, 2.45) is 5.41 Å². The van der Waals surface area contributed by atoms with Crippen LogP contribution in [0.1, 0.15) is 87.2 Å². The van der Waals surface area contributed by atoms with E-state index in [9.17, 15) is 14.3 Å². The van der Waals surface area contributed by atoms with Gasteiger partial charge in [-0.15, -0.1) is 0 Å². The van der Waals surface area contributed by atoms with E-state index in [0.29, 0.717) is 29.9 Å². The van der Waals surface area contributed by atoms with Crippen molar-refractivity contribution in [3.8, 4) is 11.1 Å². The molecule has 2 N–H and O–H groups in total. The molecule has 0 bridgehead atoms. The lowest BCUT2D eigenvalue weighted by Crippen LogP contribution is -2.39. The second-order valence-electron chi connectivity index (χ2n) is 13.4. The molecule has 0 spiro atoms. The van der Waals surface area contributed by atoms with Crippen LogP contribution in [0.25, 0.3) is 11.1 Å². The van der Waals surface area contributed by atoms with Crippen LogP contribution >= 0.6 is 0 Å². The summed E-state index contributed by atoms with van der Waals surface area (Å²) in [6.07, 6.45) is 0.894. The molecule has 3 aromatic rings. The maximum atomic E-state index is 13.6. The summed E-state index contributed by atoms with van der Waals surface area (Å²) in [5.41, 5.74) is 7.47. The van der Waals surface area contributed by atoms with E-state index in [2.05, 4.69) is 48.3 Å². The molecule has 1 aliphatic rings. The smallest absolute Gasteiger partial charge is 0.337 e. The van der Waals surface area contributed by atoms with Crippen molar-refractivity contribution < 1.29 is 19.0 Å². The molecule has 0 amide bonds. The maximum Gasteiger partial charge on any atom is 0.337 e. The SMILES string of the molecule is Cc1cc(CNCc2ccc(-c3c(C)nc(C)c(C(OC(C)(C)C)C(=O)O)c3N3CCC(C)(C)CC3)cc2)ccc1F. The summed E-state index contributed by atoms with van der Waals surface area (Å²) < 4.78 is 19.8. The molecule has 1 aliphatic heterocycles. The zero-order valence-electron chi connectivity index (χ0n) is 26.4. The number of aromatic nitrogens is 1. The third-order valence-electron chi connectivity index (χ3n) is 8.09. The first kappa shape index (κ1) is 31.6. The number of piperidine rings is 1. The minimum atomic E-state index is -1.14. The third kappa shape index (κ3) is 7.56. The number of aliphatic carboxylic acids is 1. The highest BCUT2D eigenvalue weighted by Crippen LogP contribution is 2.44. The van der Waals surface area contributed by atoms with E-state index in [1.54, 1.807) is 13.0 Å². The van der Waals surface area contributed by atoms with Crippen LogP contribution in [-0.2, 0) is 22.6 Å². The second-order valence-corrected chi connectivity index (χ2v) is 13.4. The Morgan fingerprint density at radius 1 is 1.02 bits per heavy atom. The summed E-state index contributed by atoms with van der Waals surface area (Å²) in [5.74, 6) is -1.20. The predicted octanol–water partition coefficient (Wildman–Crippen LogP) is 7.67. The molecule has 2 aromatic carbocycles. The van der Waals surface area contributed by atoms with Gasteiger partial charge in [-0.3, -0.25) is 4.98 Å². The summed E-state index contributed by atoms with van der Waals surface area (Å²) in [7, 11) is 0. The fraction of sp³-hybridized carbons (Fsp3) is 0.486. The standard InChI is InChI=1S/C35H46FN3O3/c1-22-19-26(11-14-28(22)36)21-37-20-25-9-12-27(13-10-25)29-23(2)38-24(3)30(32(33(40)41)42-34(4,5)6)31(29)39-17-15-35(7,8)16-18-39/h9-14,19,32,37H,15-18,20-21H2,1-8H3,(H,40,41). The van der Waals surface area contributed by atoms with Crippen molar-refractivity contribution in [2.75, 3.05) is 18.0 Å². The zero-order chi connectivity index (χ0) is 30.8. The number of carboxylic acids is 1. The van der Waals surface area contributed by atoms with Crippen LogP contribution in [0.4, 0.5) is 10.1 Å². The van der Waals surface area contributed by atoms with Crippen molar-refractivity contribution in [3.05, 3.63) is 81.9 Å². The number of rotatable bonds is 9. The number of halogens is 1. The average Bonchev–Trinajstić information content (AvgIpc) is 2.89. The number of hydrogen-bond acceptors (Lipinski definition) is 5. The summed E-state index contributed by atoms with van der Waals surface area (Å²) in [6.45, 7) is 18.9. The van der Waals surface area contributed by atoms with Crippen molar-refractivity contribution in [1.82, 2.24) is 10.3 Å². The molecule has 2 heterocycles. The monoisotopic (exact) mass is 575 g/mol. The summed E-state index contributed by atoms with van der Waals surface area (Å²) in [6, 6.07) is 13.6. The molecule has 4 rings (SSSR count). The molecule has 1 fully saturated rings. The maximum absolute atomic E-state index is 13.6. The quantitative estimate of drug-likeness (QED) is 0.273. The molecule has 0 aliphatic carbocycles. The number of nitrogens with one attached hydrogen (secondary N) is 1. The van der Waals surface area contributed by atoms with Gasteiger partial charge < -0.3 is 20.1 Å². The molecule has 1 saturated heterocycles. The lowest BCUT2D eigenvalue weighted by atomic mass is 9.81. The van der Waals surface area contributed by atoms with Crippen LogP contribution < -0.4 is 10.2 Å². The Balaban J connectivity index is 1.70. The summed E-state index contributed by atoms with van der Waals surface area (Å²) in [4.78, 5) is 19.9. The largest absolute Gasteiger partial charge is 0.479 e. The molecule has 0 saturated carbocycles. The molecular formula is C35H46FN3O3. The van der Waals surface area contributed by atoms with Gasteiger partial charge in [0.25, 0.3) is 0 Å². The van der Waals surface area contributed by atoms with Gasteiger partial charge >= 0.3 is 5.97 Å². The molecule has 6 nitrogen and oxygen atoms in total. The van der Waals surface area contributed by atoms with Crippen molar-refractivity contribution in [2.45, 2.75) is 93.0 Å². The van der Waals surface area contributed by atoms with Gasteiger partial charge in [0.1, 0.15) is 5.82 Å². The minimum absolute atomic E-state index is 0.189. The Morgan fingerprint density at radius 2 is 1.62 bits per heavy atom. The number of ether oxygens (including phenoxy) is 1. The van der Waals surface area contributed by atoms with Gasteiger partial charge in [0.2, 0.25) is 0 Å². The number of pyridine rings is 1. The second kappa shape index (κ2) is 12.5. The van der Waals surface area contributed by atoms with Gasteiger partial charge in [-0.1, -0.05) is 50.2 Å². The Kier molecular flexibility index (Phi) is 9.43. The number of hydrogen-bond donors (Lipinski definition) is 2. The molecule has 7 heteroatoms. The Labute approximate surface area is 250 Å². The zero-order valence-corrected chi connectivity index (χ0v) is 26.4. The van der Waals surface area contributed by atoms with Crippen molar-refractivity contribution >= 4 is 11.7 Å². The molecule has 1 aromatic heterocycles. The van der Waals surface area contributed by atoms with Crippen LogP contribution in [0.3, 0.4) is 0 Å². The fourth-order valence-corrected chi connectivity index (χ4v) is 5.71. The summed E-state index contributed by atoms with van der Waals surface area (Å²) in [5, 5.41) is 13.8. The van der Waals surface area contributed by atoms with Crippen LogP contribution in [0.2, 0.25) is 0 Å². The molecule has 42 heavy (non-hydrogen) atoms.